The van der Waals surface area contributed by atoms with Gasteiger partial charge in [0.05, 0.1) is 24.4 Å². The van der Waals surface area contributed by atoms with Crippen LogP contribution in [0.3, 0.4) is 0 Å². The Morgan fingerprint density at radius 3 is 2.25 bits per heavy atom. The van der Waals surface area contributed by atoms with Gasteiger partial charge < -0.3 is 14.0 Å². The third-order valence-corrected chi connectivity index (χ3v) is 4.52. The molecule has 20 heavy (non-hydrogen) atoms. The summed E-state index contributed by atoms with van der Waals surface area (Å²) in [5.41, 5.74) is -0.0177. The van der Waals surface area contributed by atoms with E-state index in [4.69, 9.17) is 14.0 Å². The van der Waals surface area contributed by atoms with Crippen LogP contribution in [0.2, 0.25) is 0 Å². The maximum absolute atomic E-state index is 14.6. The lowest BCUT2D eigenvalue weighted by atomic mass is 9.78. The van der Waals surface area contributed by atoms with Crippen LogP contribution < -0.4 is 5.46 Å². The molecule has 6 heteroatoms. The highest BCUT2D eigenvalue weighted by Gasteiger charge is 2.52. The second kappa shape index (κ2) is 4.51. The Kier molecular flexibility index (Phi) is 3.16. The molecule has 4 nitrogen and oxygen atoms in total. The van der Waals surface area contributed by atoms with Crippen LogP contribution in [0.15, 0.2) is 12.4 Å². The van der Waals surface area contributed by atoms with Gasteiger partial charge in [0.2, 0.25) is 0 Å². The molecule has 0 aromatic carbocycles. The van der Waals surface area contributed by atoms with Crippen molar-refractivity contribution in [1.29, 1.82) is 0 Å². The van der Waals surface area contributed by atoms with Crippen LogP contribution in [-0.2, 0) is 14.0 Å². The third kappa shape index (κ3) is 2.06. The number of nitrogens with zero attached hydrogens (tertiary/aromatic N) is 1. The lowest BCUT2D eigenvalue weighted by Crippen LogP contribution is -2.41. The van der Waals surface area contributed by atoms with Gasteiger partial charge in [-0.2, -0.15) is 0 Å². The molecule has 0 amide bonds. The number of hydrogen-bond acceptors (Lipinski definition) is 4. The van der Waals surface area contributed by atoms with Crippen molar-refractivity contribution in [2.24, 2.45) is 0 Å². The first-order valence-electron chi connectivity index (χ1n) is 6.88. The molecule has 2 aliphatic heterocycles. The van der Waals surface area contributed by atoms with E-state index in [0.29, 0.717) is 24.2 Å². The van der Waals surface area contributed by atoms with E-state index in [9.17, 15) is 4.39 Å². The standard InChI is InChI=1S/C14H19BFNO3/c1-13(2)14(3,4)20-15(19-13)11-6-17-5-10(12(11)16)9-7-18-8-9/h5-6,9H,7-8H2,1-4H3. The van der Waals surface area contributed by atoms with Crippen LogP contribution in [0.4, 0.5) is 4.39 Å². The number of rotatable bonds is 2. The first-order chi connectivity index (χ1) is 9.32. The monoisotopic (exact) mass is 279 g/mol. The molecule has 0 saturated carbocycles. The number of hydrogen-bond donors (Lipinski definition) is 0. The predicted molar refractivity (Wildman–Crippen MR) is 73.5 cm³/mol. The summed E-state index contributed by atoms with van der Waals surface area (Å²) >= 11 is 0. The quantitative estimate of drug-likeness (QED) is 0.772. The van der Waals surface area contributed by atoms with Gasteiger partial charge in [0.25, 0.3) is 0 Å². The van der Waals surface area contributed by atoms with E-state index < -0.39 is 18.3 Å². The van der Waals surface area contributed by atoms with Crippen LogP contribution in [-0.4, -0.2) is 36.5 Å². The lowest BCUT2D eigenvalue weighted by Gasteiger charge is -2.32. The first-order valence-corrected chi connectivity index (χ1v) is 6.88. The lowest BCUT2D eigenvalue weighted by molar-refractivity contribution is 0.00578. The Bertz CT molecular complexity index is 515. The normalized spacial score (nSPS) is 24.8. The summed E-state index contributed by atoms with van der Waals surface area (Å²) in [5, 5.41) is 0. The molecule has 2 saturated heterocycles. The largest absolute Gasteiger partial charge is 0.499 e. The van der Waals surface area contributed by atoms with Gasteiger partial charge in [-0.25, -0.2) is 4.39 Å². The smallest absolute Gasteiger partial charge is 0.399 e. The fourth-order valence-corrected chi connectivity index (χ4v) is 2.31. The summed E-state index contributed by atoms with van der Waals surface area (Å²) < 4.78 is 31.5. The molecular formula is C14H19BFNO3. The van der Waals surface area contributed by atoms with Crippen molar-refractivity contribution < 1.29 is 18.4 Å². The SMILES string of the molecule is CC1(C)OB(c2cncc(C3COC3)c2F)OC1(C)C. The maximum atomic E-state index is 14.6. The van der Waals surface area contributed by atoms with Crippen LogP contribution in [0.25, 0.3) is 0 Å². The minimum Gasteiger partial charge on any atom is -0.399 e. The molecular weight excluding hydrogens is 260 g/mol. The van der Waals surface area contributed by atoms with Gasteiger partial charge in [0, 0.05) is 29.3 Å². The molecule has 2 aliphatic rings. The first kappa shape index (κ1) is 14.0. The predicted octanol–water partition coefficient (Wildman–Crippen LogP) is 1.63. The van der Waals surface area contributed by atoms with E-state index in [1.54, 1.807) is 6.20 Å². The Labute approximate surface area is 118 Å². The van der Waals surface area contributed by atoms with Gasteiger partial charge in [0.15, 0.2) is 0 Å². The highest BCUT2D eigenvalue weighted by molar-refractivity contribution is 6.62. The fraction of sp³-hybridized carbons (Fsp3) is 0.643. The van der Waals surface area contributed by atoms with Gasteiger partial charge >= 0.3 is 7.12 Å². The Morgan fingerprint density at radius 2 is 1.75 bits per heavy atom. The fourth-order valence-electron chi connectivity index (χ4n) is 2.31. The molecule has 0 bridgehead atoms. The Balaban J connectivity index is 1.92. The molecule has 3 heterocycles. The second-order valence-electron chi connectivity index (χ2n) is 6.45. The van der Waals surface area contributed by atoms with E-state index in [0.717, 1.165) is 0 Å². The average molecular weight is 279 g/mol. The van der Waals surface area contributed by atoms with Crippen molar-refractivity contribution in [2.75, 3.05) is 13.2 Å². The van der Waals surface area contributed by atoms with Crippen LogP contribution >= 0.6 is 0 Å². The highest BCUT2D eigenvalue weighted by atomic mass is 19.1. The molecule has 2 fully saturated rings. The number of aromatic nitrogens is 1. The molecule has 0 radical (unpaired) electrons. The second-order valence-corrected chi connectivity index (χ2v) is 6.45. The van der Waals surface area contributed by atoms with E-state index in [1.807, 2.05) is 27.7 Å². The summed E-state index contributed by atoms with van der Waals surface area (Å²) in [4.78, 5) is 4.13. The van der Waals surface area contributed by atoms with E-state index >= 15 is 0 Å². The van der Waals surface area contributed by atoms with Gasteiger partial charge in [-0.05, 0) is 27.7 Å². The van der Waals surface area contributed by atoms with Crippen LogP contribution in [0.1, 0.15) is 39.2 Å². The third-order valence-electron chi connectivity index (χ3n) is 4.52. The van der Waals surface area contributed by atoms with Gasteiger partial charge in [0.1, 0.15) is 5.82 Å². The average Bonchev–Trinajstić information content (AvgIpc) is 2.48. The topological polar surface area (TPSA) is 40.6 Å². The zero-order valence-electron chi connectivity index (χ0n) is 12.3. The molecule has 1 aromatic heterocycles. The van der Waals surface area contributed by atoms with Crippen molar-refractivity contribution in [3.8, 4) is 0 Å². The van der Waals surface area contributed by atoms with E-state index in [1.165, 1.54) is 6.20 Å². The summed E-state index contributed by atoms with van der Waals surface area (Å²) in [6.07, 6.45) is 3.05. The van der Waals surface area contributed by atoms with Crippen molar-refractivity contribution in [3.05, 3.63) is 23.8 Å². The molecule has 0 atom stereocenters. The molecule has 0 unspecified atom stereocenters. The zero-order chi connectivity index (χ0) is 14.5. The number of halogens is 1. The highest BCUT2D eigenvalue weighted by Crippen LogP contribution is 2.37. The molecule has 1 aromatic rings. The van der Waals surface area contributed by atoms with Gasteiger partial charge in [-0.3, -0.25) is 4.98 Å². The van der Waals surface area contributed by atoms with E-state index in [-0.39, 0.29) is 11.7 Å². The van der Waals surface area contributed by atoms with Crippen molar-refractivity contribution in [2.45, 2.75) is 44.8 Å². The van der Waals surface area contributed by atoms with Crippen molar-refractivity contribution >= 4 is 12.6 Å². The number of pyridine rings is 1. The Morgan fingerprint density at radius 1 is 1.15 bits per heavy atom. The minimum absolute atomic E-state index is 0.0878. The molecule has 0 aliphatic carbocycles. The molecule has 0 spiro atoms. The Hall–Kier alpha value is -0.975. The zero-order valence-corrected chi connectivity index (χ0v) is 12.3. The van der Waals surface area contributed by atoms with E-state index in [2.05, 4.69) is 4.98 Å². The summed E-state index contributed by atoms with van der Waals surface area (Å²) in [7, 11) is -0.714. The molecule has 0 N–H and O–H groups in total. The summed E-state index contributed by atoms with van der Waals surface area (Å²) in [6, 6.07) is 0. The molecule has 108 valence electrons. The summed E-state index contributed by atoms with van der Waals surface area (Å²) in [5.74, 6) is -0.198. The molecule has 3 rings (SSSR count). The van der Waals surface area contributed by atoms with Crippen molar-refractivity contribution in [3.63, 3.8) is 0 Å². The number of ether oxygens (including phenoxy) is 1. The van der Waals surface area contributed by atoms with Gasteiger partial charge in [-0.1, -0.05) is 0 Å². The van der Waals surface area contributed by atoms with Gasteiger partial charge in [-0.15, -0.1) is 0 Å². The van der Waals surface area contributed by atoms with Crippen LogP contribution in [0, 0.1) is 5.82 Å². The minimum atomic E-state index is -0.714. The maximum Gasteiger partial charge on any atom is 0.499 e. The summed E-state index contributed by atoms with van der Waals surface area (Å²) in [6.45, 7) is 8.88. The van der Waals surface area contributed by atoms with Crippen molar-refractivity contribution in [1.82, 2.24) is 4.98 Å². The van der Waals surface area contributed by atoms with Crippen LogP contribution in [0.5, 0.6) is 0 Å².